The Balaban J connectivity index is 1.32. The number of esters is 1. The van der Waals surface area contributed by atoms with Crippen LogP contribution in [0.1, 0.15) is 6.92 Å². The van der Waals surface area contributed by atoms with Gasteiger partial charge in [0, 0.05) is 31.9 Å². The number of benzene rings is 2. The second-order valence-electron chi connectivity index (χ2n) is 7.47. The van der Waals surface area contributed by atoms with E-state index in [9.17, 15) is 14.4 Å². The SMILES string of the molecule is C[C@H](OC(=O)Cn1cnc2ccccc2c1=O)C(=O)N1CCN(c2ccccc2)CC1. The Morgan fingerprint density at radius 3 is 2.42 bits per heavy atom. The number of carbonyl (C=O) groups excluding carboxylic acids is 2. The summed E-state index contributed by atoms with van der Waals surface area (Å²) in [7, 11) is 0. The Kier molecular flexibility index (Phi) is 5.97. The van der Waals surface area contributed by atoms with Crippen molar-refractivity contribution in [1.82, 2.24) is 14.5 Å². The Hall–Kier alpha value is -3.68. The molecule has 0 aliphatic carbocycles. The normalized spacial score (nSPS) is 15.0. The fraction of sp³-hybridized carbons (Fsp3) is 0.304. The minimum Gasteiger partial charge on any atom is -0.451 e. The minimum atomic E-state index is -0.917. The molecule has 8 heteroatoms. The van der Waals surface area contributed by atoms with Crippen LogP contribution in [-0.4, -0.2) is 58.6 Å². The molecule has 0 N–H and O–H groups in total. The van der Waals surface area contributed by atoms with E-state index in [0.717, 1.165) is 5.69 Å². The van der Waals surface area contributed by atoms with Gasteiger partial charge in [0.15, 0.2) is 6.10 Å². The zero-order valence-electron chi connectivity index (χ0n) is 17.3. The van der Waals surface area contributed by atoms with Gasteiger partial charge < -0.3 is 14.5 Å². The molecule has 1 amide bonds. The lowest BCUT2D eigenvalue weighted by molar-refractivity contribution is -0.159. The van der Waals surface area contributed by atoms with Crippen LogP contribution < -0.4 is 10.5 Å². The second-order valence-corrected chi connectivity index (χ2v) is 7.47. The number of anilines is 1. The number of amides is 1. The van der Waals surface area contributed by atoms with E-state index < -0.39 is 12.1 Å². The molecule has 0 spiro atoms. The van der Waals surface area contributed by atoms with Crippen molar-refractivity contribution >= 4 is 28.5 Å². The summed E-state index contributed by atoms with van der Waals surface area (Å²) >= 11 is 0. The van der Waals surface area contributed by atoms with Crippen LogP contribution in [0.15, 0.2) is 65.7 Å². The van der Waals surface area contributed by atoms with E-state index in [2.05, 4.69) is 9.88 Å². The maximum atomic E-state index is 12.7. The predicted octanol–water partition coefficient (Wildman–Crippen LogP) is 1.68. The van der Waals surface area contributed by atoms with Gasteiger partial charge in [-0.1, -0.05) is 30.3 Å². The van der Waals surface area contributed by atoms with Gasteiger partial charge in [-0.2, -0.15) is 0 Å². The van der Waals surface area contributed by atoms with E-state index in [1.54, 1.807) is 36.1 Å². The largest absolute Gasteiger partial charge is 0.451 e. The maximum absolute atomic E-state index is 12.7. The molecule has 0 unspecified atom stereocenters. The summed E-state index contributed by atoms with van der Waals surface area (Å²) in [6.07, 6.45) is 0.404. The minimum absolute atomic E-state index is 0.231. The Bertz CT molecular complexity index is 1140. The van der Waals surface area contributed by atoms with Gasteiger partial charge in [-0.25, -0.2) is 4.98 Å². The molecule has 2 aromatic carbocycles. The standard InChI is InChI=1S/C23H24N4O4/c1-17(22(29)26-13-11-25(12-14-26)18-7-3-2-4-8-18)31-21(28)15-27-16-24-20-10-6-5-9-19(20)23(27)30/h2-10,16-17H,11-15H2,1H3/t17-/m0/s1. The molecular weight excluding hydrogens is 396 g/mol. The van der Waals surface area contributed by atoms with Gasteiger partial charge in [-0.15, -0.1) is 0 Å². The molecule has 8 nitrogen and oxygen atoms in total. The lowest BCUT2D eigenvalue weighted by Gasteiger charge is -2.37. The number of rotatable bonds is 5. The molecule has 1 atom stereocenters. The molecule has 0 bridgehead atoms. The van der Waals surface area contributed by atoms with Crippen molar-refractivity contribution in [3.05, 3.63) is 71.3 Å². The highest BCUT2D eigenvalue weighted by Gasteiger charge is 2.27. The van der Waals surface area contributed by atoms with Crippen molar-refractivity contribution in [3.8, 4) is 0 Å². The third-order valence-electron chi connectivity index (χ3n) is 5.40. The topological polar surface area (TPSA) is 84.7 Å². The van der Waals surface area contributed by atoms with Gasteiger partial charge in [-0.3, -0.25) is 19.0 Å². The highest BCUT2D eigenvalue weighted by atomic mass is 16.5. The van der Waals surface area contributed by atoms with Crippen LogP contribution in [0.5, 0.6) is 0 Å². The smallest absolute Gasteiger partial charge is 0.326 e. The van der Waals surface area contributed by atoms with E-state index in [0.29, 0.717) is 37.1 Å². The predicted molar refractivity (Wildman–Crippen MR) is 117 cm³/mol. The average Bonchev–Trinajstić information content (AvgIpc) is 2.81. The van der Waals surface area contributed by atoms with Crippen LogP contribution in [0.2, 0.25) is 0 Å². The van der Waals surface area contributed by atoms with Crippen molar-refractivity contribution in [1.29, 1.82) is 0 Å². The van der Waals surface area contributed by atoms with Gasteiger partial charge in [0.2, 0.25) is 0 Å². The van der Waals surface area contributed by atoms with Crippen LogP contribution in [0.4, 0.5) is 5.69 Å². The van der Waals surface area contributed by atoms with E-state index in [1.165, 1.54) is 10.9 Å². The number of fused-ring (bicyclic) bond motifs is 1. The van der Waals surface area contributed by atoms with Crippen LogP contribution in [0.3, 0.4) is 0 Å². The van der Waals surface area contributed by atoms with Crippen molar-refractivity contribution in [2.45, 2.75) is 19.6 Å². The monoisotopic (exact) mass is 420 g/mol. The molecule has 1 aromatic heterocycles. The molecule has 3 aromatic rings. The first kappa shape index (κ1) is 20.6. The molecule has 4 rings (SSSR count). The molecule has 2 heterocycles. The van der Waals surface area contributed by atoms with Gasteiger partial charge in [-0.05, 0) is 31.2 Å². The average molecular weight is 420 g/mol. The third-order valence-corrected chi connectivity index (χ3v) is 5.40. The van der Waals surface area contributed by atoms with Crippen LogP contribution >= 0.6 is 0 Å². The molecule has 0 saturated carbocycles. The summed E-state index contributed by atoms with van der Waals surface area (Å²) in [6.45, 7) is 3.82. The fourth-order valence-electron chi connectivity index (χ4n) is 3.72. The summed E-state index contributed by atoms with van der Waals surface area (Å²) < 4.78 is 6.51. The van der Waals surface area contributed by atoms with Gasteiger partial charge in [0.1, 0.15) is 6.54 Å². The van der Waals surface area contributed by atoms with E-state index in [4.69, 9.17) is 4.74 Å². The van der Waals surface area contributed by atoms with Gasteiger partial charge in [0.05, 0.1) is 17.2 Å². The summed E-state index contributed by atoms with van der Waals surface area (Å²) in [6, 6.07) is 17.0. The van der Waals surface area contributed by atoms with Crippen molar-refractivity contribution < 1.29 is 14.3 Å². The zero-order chi connectivity index (χ0) is 21.8. The molecule has 1 saturated heterocycles. The number of hydrogen-bond donors (Lipinski definition) is 0. The first-order valence-corrected chi connectivity index (χ1v) is 10.3. The highest BCUT2D eigenvalue weighted by molar-refractivity contribution is 5.84. The Morgan fingerprint density at radius 2 is 1.68 bits per heavy atom. The lowest BCUT2D eigenvalue weighted by atomic mass is 10.2. The van der Waals surface area contributed by atoms with Gasteiger partial charge >= 0.3 is 5.97 Å². The fourth-order valence-corrected chi connectivity index (χ4v) is 3.72. The molecule has 160 valence electrons. The molecule has 1 aliphatic heterocycles. The Morgan fingerprint density at radius 1 is 1.00 bits per heavy atom. The summed E-state index contributed by atoms with van der Waals surface area (Å²) in [4.78, 5) is 45.7. The maximum Gasteiger partial charge on any atom is 0.326 e. The molecule has 31 heavy (non-hydrogen) atoms. The van der Waals surface area contributed by atoms with Crippen molar-refractivity contribution in [2.75, 3.05) is 31.1 Å². The lowest BCUT2D eigenvalue weighted by Crippen LogP contribution is -2.51. The number of piperazine rings is 1. The quantitative estimate of drug-likeness (QED) is 0.584. The van der Waals surface area contributed by atoms with Gasteiger partial charge in [0.25, 0.3) is 11.5 Å². The Labute approximate surface area is 179 Å². The zero-order valence-corrected chi connectivity index (χ0v) is 17.3. The van der Waals surface area contributed by atoms with Crippen LogP contribution in [-0.2, 0) is 20.9 Å². The number of nitrogens with zero attached hydrogens (tertiary/aromatic N) is 4. The number of ether oxygens (including phenoxy) is 1. The molecular formula is C23H24N4O4. The number of carbonyl (C=O) groups is 2. The van der Waals surface area contributed by atoms with E-state index in [-0.39, 0.29) is 18.0 Å². The van der Waals surface area contributed by atoms with Crippen LogP contribution in [0.25, 0.3) is 10.9 Å². The third kappa shape index (κ3) is 4.58. The number of hydrogen-bond acceptors (Lipinski definition) is 6. The molecule has 1 fully saturated rings. The van der Waals surface area contributed by atoms with Crippen molar-refractivity contribution in [3.63, 3.8) is 0 Å². The number of aromatic nitrogens is 2. The summed E-state index contributed by atoms with van der Waals surface area (Å²) in [5.41, 5.74) is 1.37. The van der Waals surface area contributed by atoms with Crippen LogP contribution in [0, 0.1) is 0 Å². The first-order chi connectivity index (χ1) is 15.0. The summed E-state index contributed by atoms with van der Waals surface area (Å²) in [5, 5.41) is 0.429. The second kappa shape index (κ2) is 8.99. The van der Waals surface area contributed by atoms with E-state index >= 15 is 0 Å². The van der Waals surface area contributed by atoms with E-state index in [1.807, 2.05) is 30.3 Å². The first-order valence-electron chi connectivity index (χ1n) is 10.3. The summed E-state index contributed by atoms with van der Waals surface area (Å²) in [5.74, 6) is -0.881. The number of para-hydroxylation sites is 2. The molecule has 1 aliphatic rings. The highest BCUT2D eigenvalue weighted by Crippen LogP contribution is 2.16. The molecule has 0 radical (unpaired) electrons. The van der Waals surface area contributed by atoms with Crippen molar-refractivity contribution in [2.24, 2.45) is 0 Å².